The van der Waals surface area contributed by atoms with Crippen molar-refractivity contribution in [3.05, 3.63) is 46.2 Å². The predicted molar refractivity (Wildman–Crippen MR) is 69.1 cm³/mol. The molecule has 0 unspecified atom stereocenters. The molecule has 1 aromatic carbocycles. The summed E-state index contributed by atoms with van der Waals surface area (Å²) in [6.45, 7) is 3.92. The van der Waals surface area contributed by atoms with E-state index in [0.717, 1.165) is 17.1 Å². The number of hydrogen-bond donors (Lipinski definition) is 2. The monoisotopic (exact) mass is 248 g/mol. The Hall–Kier alpha value is -1.81. The largest absolute Gasteiger partial charge is 0.384 e. The van der Waals surface area contributed by atoms with E-state index in [0.29, 0.717) is 10.6 Å². The van der Waals surface area contributed by atoms with E-state index in [1.807, 2.05) is 30.7 Å². The molecule has 0 amide bonds. The van der Waals surface area contributed by atoms with Crippen LogP contribution < -0.4 is 5.73 Å². The van der Waals surface area contributed by atoms with E-state index in [1.165, 1.54) is 0 Å². The summed E-state index contributed by atoms with van der Waals surface area (Å²) in [6, 6.07) is 7.34. The Morgan fingerprint density at radius 1 is 1.35 bits per heavy atom. The first-order valence-electron chi connectivity index (χ1n) is 5.16. The number of hydrogen-bond acceptors (Lipinski definition) is 2. The lowest BCUT2D eigenvalue weighted by molar-refractivity contribution is 0.833. The average Bonchev–Trinajstić information content (AvgIpc) is 2.57. The van der Waals surface area contributed by atoms with E-state index in [9.17, 15) is 0 Å². The molecular weight excluding hydrogens is 236 g/mol. The van der Waals surface area contributed by atoms with Gasteiger partial charge < -0.3 is 5.73 Å². The van der Waals surface area contributed by atoms with E-state index in [4.69, 9.17) is 22.7 Å². The summed E-state index contributed by atoms with van der Waals surface area (Å²) in [5, 5.41) is 12.2. The Morgan fingerprint density at radius 2 is 2.06 bits per heavy atom. The summed E-state index contributed by atoms with van der Waals surface area (Å²) in [4.78, 5) is 0. The predicted octanol–water partition coefficient (Wildman–Crippen LogP) is 2.43. The van der Waals surface area contributed by atoms with E-state index in [2.05, 4.69) is 5.10 Å². The Kier molecular flexibility index (Phi) is 2.90. The summed E-state index contributed by atoms with van der Waals surface area (Å²) < 4.78 is 1.81. The molecule has 2 aromatic rings. The zero-order valence-electron chi connectivity index (χ0n) is 9.66. The minimum absolute atomic E-state index is 0.0325. The molecule has 0 spiro atoms. The molecule has 0 radical (unpaired) electrons. The topological polar surface area (TPSA) is 67.7 Å². The van der Waals surface area contributed by atoms with Crippen LogP contribution in [0.1, 0.15) is 17.0 Å². The van der Waals surface area contributed by atoms with Crippen LogP contribution in [0.25, 0.3) is 5.69 Å². The van der Waals surface area contributed by atoms with Gasteiger partial charge in [-0.15, -0.1) is 0 Å². The van der Waals surface area contributed by atoms with Crippen LogP contribution in [0.15, 0.2) is 24.3 Å². The number of nitrogen functional groups attached to an aromatic ring is 1. The number of nitrogens with zero attached hydrogens (tertiary/aromatic N) is 2. The third kappa shape index (κ3) is 2.17. The molecule has 0 aliphatic carbocycles. The average molecular weight is 249 g/mol. The van der Waals surface area contributed by atoms with Crippen LogP contribution in [0.5, 0.6) is 0 Å². The Morgan fingerprint density at radius 3 is 2.53 bits per heavy atom. The highest BCUT2D eigenvalue weighted by atomic mass is 35.5. The van der Waals surface area contributed by atoms with Gasteiger partial charge in [0.15, 0.2) is 0 Å². The molecule has 5 heteroatoms. The summed E-state index contributed by atoms with van der Waals surface area (Å²) in [7, 11) is 0. The van der Waals surface area contributed by atoms with Crippen LogP contribution in [0.3, 0.4) is 0 Å². The SMILES string of the molecule is Cc1cc(C)n(-c2ccc(C(=N)N)c(Cl)c2)n1. The quantitative estimate of drug-likeness (QED) is 0.633. The van der Waals surface area contributed by atoms with Gasteiger partial charge in [-0.3, -0.25) is 5.41 Å². The van der Waals surface area contributed by atoms with Crippen LogP contribution in [-0.2, 0) is 0 Å². The molecule has 0 atom stereocenters. The number of rotatable bonds is 2. The van der Waals surface area contributed by atoms with Gasteiger partial charge in [-0.1, -0.05) is 11.6 Å². The molecule has 0 saturated carbocycles. The smallest absolute Gasteiger partial charge is 0.124 e. The van der Waals surface area contributed by atoms with Gasteiger partial charge in [-0.05, 0) is 38.1 Å². The van der Waals surface area contributed by atoms with E-state index in [1.54, 1.807) is 12.1 Å². The first-order chi connectivity index (χ1) is 7.99. The van der Waals surface area contributed by atoms with E-state index in [-0.39, 0.29) is 5.84 Å². The first-order valence-corrected chi connectivity index (χ1v) is 5.54. The van der Waals surface area contributed by atoms with Gasteiger partial charge >= 0.3 is 0 Å². The van der Waals surface area contributed by atoms with Gasteiger partial charge in [0.2, 0.25) is 0 Å². The molecule has 3 N–H and O–H groups in total. The van der Waals surface area contributed by atoms with Crippen molar-refractivity contribution in [3.63, 3.8) is 0 Å². The highest BCUT2D eigenvalue weighted by Gasteiger charge is 2.08. The van der Waals surface area contributed by atoms with Crippen LogP contribution >= 0.6 is 11.6 Å². The number of nitrogens with one attached hydrogen (secondary N) is 1. The van der Waals surface area contributed by atoms with Crippen molar-refractivity contribution in [3.8, 4) is 5.69 Å². The fourth-order valence-corrected chi connectivity index (χ4v) is 2.02. The third-order valence-corrected chi connectivity index (χ3v) is 2.81. The van der Waals surface area contributed by atoms with Crippen molar-refractivity contribution < 1.29 is 0 Å². The molecule has 0 aliphatic heterocycles. The summed E-state index contributed by atoms with van der Waals surface area (Å²) in [6.07, 6.45) is 0. The minimum Gasteiger partial charge on any atom is -0.384 e. The van der Waals surface area contributed by atoms with Crippen molar-refractivity contribution in [2.45, 2.75) is 13.8 Å². The maximum atomic E-state index is 7.37. The summed E-state index contributed by atoms with van der Waals surface area (Å²) in [5.74, 6) is -0.0325. The summed E-state index contributed by atoms with van der Waals surface area (Å²) in [5.41, 5.74) is 8.81. The van der Waals surface area contributed by atoms with Gasteiger partial charge in [0.25, 0.3) is 0 Å². The number of nitrogens with two attached hydrogens (primary N) is 1. The maximum Gasteiger partial charge on any atom is 0.124 e. The fraction of sp³-hybridized carbons (Fsp3) is 0.167. The van der Waals surface area contributed by atoms with Gasteiger partial charge in [0.05, 0.1) is 16.4 Å². The van der Waals surface area contributed by atoms with E-state index >= 15 is 0 Å². The van der Waals surface area contributed by atoms with Crippen molar-refractivity contribution in [1.29, 1.82) is 5.41 Å². The highest BCUT2D eigenvalue weighted by Crippen LogP contribution is 2.21. The Labute approximate surface area is 105 Å². The standard InChI is InChI=1S/C12H13ClN4/c1-7-5-8(2)17(16-7)9-3-4-10(12(14)15)11(13)6-9/h3-6H,1-2H3,(H3,14,15). The molecule has 88 valence electrons. The van der Waals surface area contributed by atoms with Gasteiger partial charge in [0, 0.05) is 11.3 Å². The lowest BCUT2D eigenvalue weighted by atomic mass is 10.2. The zero-order valence-corrected chi connectivity index (χ0v) is 10.4. The summed E-state index contributed by atoms with van der Waals surface area (Å²) >= 11 is 6.07. The lowest BCUT2D eigenvalue weighted by Crippen LogP contribution is -2.12. The molecule has 0 fully saturated rings. The third-order valence-electron chi connectivity index (χ3n) is 2.50. The van der Waals surface area contributed by atoms with Crippen LogP contribution in [0.4, 0.5) is 0 Å². The maximum absolute atomic E-state index is 7.37. The molecule has 0 bridgehead atoms. The van der Waals surface area contributed by atoms with Crippen LogP contribution in [0.2, 0.25) is 5.02 Å². The molecule has 1 aromatic heterocycles. The highest BCUT2D eigenvalue weighted by molar-refractivity contribution is 6.34. The van der Waals surface area contributed by atoms with E-state index < -0.39 is 0 Å². The Balaban J connectivity index is 2.51. The molecular formula is C12H13ClN4. The second-order valence-electron chi connectivity index (χ2n) is 3.92. The minimum atomic E-state index is -0.0325. The van der Waals surface area contributed by atoms with Crippen molar-refractivity contribution in [2.75, 3.05) is 0 Å². The number of aromatic nitrogens is 2. The fourth-order valence-electron chi connectivity index (χ4n) is 1.74. The van der Waals surface area contributed by atoms with Gasteiger partial charge in [-0.25, -0.2) is 4.68 Å². The second-order valence-corrected chi connectivity index (χ2v) is 4.32. The first kappa shape index (κ1) is 11.7. The lowest BCUT2D eigenvalue weighted by Gasteiger charge is -2.07. The number of benzene rings is 1. The molecule has 0 aliphatic rings. The molecule has 1 heterocycles. The molecule has 17 heavy (non-hydrogen) atoms. The molecule has 2 rings (SSSR count). The zero-order chi connectivity index (χ0) is 12.6. The van der Waals surface area contributed by atoms with Crippen molar-refractivity contribution >= 4 is 17.4 Å². The van der Waals surface area contributed by atoms with Crippen molar-refractivity contribution in [2.24, 2.45) is 5.73 Å². The number of halogens is 1. The normalized spacial score (nSPS) is 10.5. The van der Waals surface area contributed by atoms with Crippen molar-refractivity contribution in [1.82, 2.24) is 9.78 Å². The van der Waals surface area contributed by atoms with Crippen LogP contribution in [-0.4, -0.2) is 15.6 Å². The van der Waals surface area contributed by atoms with Crippen LogP contribution in [0, 0.1) is 19.3 Å². The number of amidine groups is 1. The van der Waals surface area contributed by atoms with Gasteiger partial charge in [0.1, 0.15) is 5.84 Å². The second kappa shape index (κ2) is 4.22. The molecule has 4 nitrogen and oxygen atoms in total. The van der Waals surface area contributed by atoms with Gasteiger partial charge in [-0.2, -0.15) is 5.10 Å². The molecule has 0 saturated heterocycles. The Bertz CT molecular complexity index is 586. The number of aryl methyl sites for hydroxylation is 2.